The number of anilines is 2. The molecule has 23 heavy (non-hydrogen) atoms. The molecule has 1 saturated heterocycles. The topological polar surface area (TPSA) is 58.3 Å². The van der Waals surface area contributed by atoms with Gasteiger partial charge in [-0.05, 0) is 24.9 Å². The van der Waals surface area contributed by atoms with Crippen molar-refractivity contribution in [3.05, 3.63) is 47.7 Å². The van der Waals surface area contributed by atoms with Crippen molar-refractivity contribution < 1.29 is 0 Å². The zero-order valence-electron chi connectivity index (χ0n) is 13.5. The second kappa shape index (κ2) is 5.81. The van der Waals surface area contributed by atoms with Crippen LogP contribution in [0.15, 0.2) is 36.4 Å². The van der Waals surface area contributed by atoms with Crippen LogP contribution >= 0.6 is 0 Å². The lowest BCUT2D eigenvalue weighted by Gasteiger charge is -2.33. The van der Waals surface area contributed by atoms with Gasteiger partial charge in [0.2, 0.25) is 5.95 Å². The molecule has 120 valence electrons. The van der Waals surface area contributed by atoms with Gasteiger partial charge in [-0.1, -0.05) is 30.3 Å². The standard InChI is InChI=1S/C18H23N5/c1-22-7-9-23(10-8-22)17-12-16(20-18(19)21-17)15-11-14(15)13-5-3-2-4-6-13/h2-6,12,14-15H,7-11H2,1H3,(H2,19,20,21)/t14-,15+/m0/s1. The lowest BCUT2D eigenvalue weighted by Crippen LogP contribution is -2.44. The molecular weight excluding hydrogens is 286 g/mol. The second-order valence-corrected chi connectivity index (χ2v) is 6.66. The smallest absolute Gasteiger partial charge is 0.222 e. The van der Waals surface area contributed by atoms with E-state index in [0.717, 1.165) is 44.1 Å². The molecule has 0 bridgehead atoms. The maximum Gasteiger partial charge on any atom is 0.222 e. The Morgan fingerprint density at radius 3 is 2.48 bits per heavy atom. The number of nitrogen functional groups attached to an aromatic ring is 1. The van der Waals surface area contributed by atoms with Gasteiger partial charge >= 0.3 is 0 Å². The minimum atomic E-state index is 0.398. The van der Waals surface area contributed by atoms with E-state index in [2.05, 4.69) is 63.2 Å². The minimum absolute atomic E-state index is 0.398. The second-order valence-electron chi connectivity index (χ2n) is 6.66. The Bertz CT molecular complexity index is 679. The molecule has 4 rings (SSSR count). The van der Waals surface area contributed by atoms with E-state index < -0.39 is 0 Å². The van der Waals surface area contributed by atoms with Crippen LogP contribution in [0.1, 0.15) is 29.5 Å². The predicted molar refractivity (Wildman–Crippen MR) is 92.7 cm³/mol. The van der Waals surface area contributed by atoms with E-state index in [1.165, 1.54) is 5.56 Å². The van der Waals surface area contributed by atoms with Gasteiger partial charge in [-0.25, -0.2) is 4.98 Å². The first-order valence-corrected chi connectivity index (χ1v) is 8.33. The number of nitrogens with two attached hydrogens (primary N) is 1. The molecule has 2 N–H and O–H groups in total. The molecule has 0 radical (unpaired) electrons. The average molecular weight is 309 g/mol. The highest BCUT2D eigenvalue weighted by atomic mass is 15.3. The molecule has 2 fully saturated rings. The molecule has 1 aromatic carbocycles. The van der Waals surface area contributed by atoms with Crippen LogP contribution in [-0.2, 0) is 0 Å². The maximum absolute atomic E-state index is 5.98. The van der Waals surface area contributed by atoms with Gasteiger partial charge in [-0.15, -0.1) is 0 Å². The largest absolute Gasteiger partial charge is 0.368 e. The van der Waals surface area contributed by atoms with Crippen LogP contribution in [-0.4, -0.2) is 48.1 Å². The van der Waals surface area contributed by atoms with Gasteiger partial charge in [0.15, 0.2) is 0 Å². The Balaban J connectivity index is 1.54. The molecule has 0 unspecified atom stereocenters. The number of rotatable bonds is 3. The third kappa shape index (κ3) is 3.01. The molecule has 1 aliphatic heterocycles. The number of hydrogen-bond acceptors (Lipinski definition) is 5. The third-order valence-corrected chi connectivity index (χ3v) is 4.98. The summed E-state index contributed by atoms with van der Waals surface area (Å²) in [6.45, 7) is 4.13. The van der Waals surface area contributed by atoms with E-state index in [0.29, 0.717) is 17.8 Å². The van der Waals surface area contributed by atoms with Crippen molar-refractivity contribution in [2.24, 2.45) is 0 Å². The lowest BCUT2D eigenvalue weighted by atomic mass is 10.1. The van der Waals surface area contributed by atoms with E-state index in [9.17, 15) is 0 Å². The summed E-state index contributed by atoms with van der Waals surface area (Å²) in [7, 11) is 2.16. The Labute approximate surface area is 137 Å². The fourth-order valence-electron chi connectivity index (χ4n) is 3.45. The molecular formula is C18H23N5. The first-order valence-electron chi connectivity index (χ1n) is 8.33. The Hall–Kier alpha value is -2.14. The molecule has 5 nitrogen and oxygen atoms in total. The van der Waals surface area contributed by atoms with Crippen molar-refractivity contribution in [2.75, 3.05) is 43.9 Å². The van der Waals surface area contributed by atoms with Crippen molar-refractivity contribution in [3.8, 4) is 0 Å². The van der Waals surface area contributed by atoms with Gasteiger partial charge < -0.3 is 15.5 Å². The molecule has 2 atom stereocenters. The highest BCUT2D eigenvalue weighted by Gasteiger charge is 2.41. The van der Waals surface area contributed by atoms with Crippen LogP contribution in [0.3, 0.4) is 0 Å². The van der Waals surface area contributed by atoms with Crippen molar-refractivity contribution in [1.29, 1.82) is 0 Å². The summed E-state index contributed by atoms with van der Waals surface area (Å²) < 4.78 is 0. The summed E-state index contributed by atoms with van der Waals surface area (Å²) >= 11 is 0. The summed E-state index contributed by atoms with van der Waals surface area (Å²) in [6, 6.07) is 12.8. The lowest BCUT2D eigenvalue weighted by molar-refractivity contribution is 0.312. The van der Waals surface area contributed by atoms with Crippen molar-refractivity contribution in [1.82, 2.24) is 14.9 Å². The van der Waals surface area contributed by atoms with Crippen LogP contribution in [0.25, 0.3) is 0 Å². The van der Waals surface area contributed by atoms with Crippen LogP contribution in [0.2, 0.25) is 0 Å². The minimum Gasteiger partial charge on any atom is -0.368 e. The fourth-order valence-corrected chi connectivity index (χ4v) is 3.45. The Morgan fingerprint density at radius 1 is 1.00 bits per heavy atom. The van der Waals surface area contributed by atoms with Crippen LogP contribution < -0.4 is 10.6 Å². The van der Waals surface area contributed by atoms with E-state index >= 15 is 0 Å². The number of piperazine rings is 1. The van der Waals surface area contributed by atoms with Crippen molar-refractivity contribution in [3.63, 3.8) is 0 Å². The number of hydrogen-bond donors (Lipinski definition) is 1. The molecule has 0 amide bonds. The Kier molecular flexibility index (Phi) is 3.65. The quantitative estimate of drug-likeness (QED) is 0.941. The highest BCUT2D eigenvalue weighted by Crippen LogP contribution is 2.54. The number of aromatic nitrogens is 2. The molecule has 2 aliphatic rings. The van der Waals surface area contributed by atoms with Crippen LogP contribution in [0, 0.1) is 0 Å². The SMILES string of the molecule is CN1CCN(c2cc([C@@H]3C[C@H]3c3ccccc3)nc(N)n2)CC1. The first-order chi connectivity index (χ1) is 11.2. The van der Waals surface area contributed by atoms with Gasteiger partial charge in [0, 0.05) is 38.2 Å². The molecule has 2 aromatic rings. The van der Waals surface area contributed by atoms with E-state index in [1.807, 2.05) is 0 Å². The number of benzene rings is 1. The molecule has 1 aliphatic carbocycles. The number of likely N-dealkylation sites (N-methyl/N-ethyl adjacent to an activating group) is 1. The third-order valence-electron chi connectivity index (χ3n) is 4.98. The summed E-state index contributed by atoms with van der Waals surface area (Å²) in [5.41, 5.74) is 8.48. The maximum atomic E-state index is 5.98. The Morgan fingerprint density at radius 2 is 1.74 bits per heavy atom. The molecule has 0 spiro atoms. The van der Waals surface area contributed by atoms with Gasteiger partial charge in [0.05, 0.1) is 5.69 Å². The molecule has 2 heterocycles. The van der Waals surface area contributed by atoms with E-state index in [1.54, 1.807) is 0 Å². The molecule has 1 saturated carbocycles. The van der Waals surface area contributed by atoms with E-state index in [-0.39, 0.29) is 0 Å². The van der Waals surface area contributed by atoms with Crippen molar-refractivity contribution >= 4 is 11.8 Å². The first kappa shape index (κ1) is 14.5. The van der Waals surface area contributed by atoms with Gasteiger partial charge in [0.25, 0.3) is 0 Å². The summed E-state index contributed by atoms with van der Waals surface area (Å²) in [4.78, 5) is 13.6. The summed E-state index contributed by atoms with van der Waals surface area (Å²) in [6.07, 6.45) is 1.16. The van der Waals surface area contributed by atoms with Crippen molar-refractivity contribution in [2.45, 2.75) is 18.3 Å². The van der Waals surface area contributed by atoms with Crippen LogP contribution in [0.5, 0.6) is 0 Å². The summed E-state index contributed by atoms with van der Waals surface area (Å²) in [5, 5.41) is 0. The van der Waals surface area contributed by atoms with Gasteiger partial charge in [0.1, 0.15) is 5.82 Å². The monoisotopic (exact) mass is 309 g/mol. The van der Waals surface area contributed by atoms with E-state index in [4.69, 9.17) is 5.73 Å². The summed E-state index contributed by atoms with van der Waals surface area (Å²) in [5.74, 6) is 2.44. The van der Waals surface area contributed by atoms with Gasteiger partial charge in [-0.3, -0.25) is 0 Å². The zero-order valence-corrected chi connectivity index (χ0v) is 13.5. The normalized spacial score (nSPS) is 24.7. The fraction of sp³-hybridized carbons (Fsp3) is 0.444. The number of nitrogens with zero attached hydrogens (tertiary/aromatic N) is 4. The zero-order chi connectivity index (χ0) is 15.8. The molecule has 5 heteroatoms. The molecule has 1 aromatic heterocycles. The highest BCUT2D eigenvalue weighted by molar-refractivity contribution is 5.47. The predicted octanol–water partition coefficient (Wildman–Crippen LogP) is 2.08. The van der Waals surface area contributed by atoms with Crippen LogP contribution in [0.4, 0.5) is 11.8 Å². The average Bonchev–Trinajstić information content (AvgIpc) is 3.36. The van der Waals surface area contributed by atoms with Gasteiger partial charge in [-0.2, -0.15) is 4.98 Å².